The summed E-state index contributed by atoms with van der Waals surface area (Å²) < 4.78 is 50.2. The van der Waals surface area contributed by atoms with Crippen molar-refractivity contribution in [2.75, 3.05) is 13.2 Å². The van der Waals surface area contributed by atoms with Crippen LogP contribution in [0.4, 0.5) is 13.2 Å². The molecule has 1 N–H and O–H groups in total. The molecule has 1 radical (unpaired) electrons. The molecule has 0 spiro atoms. The Labute approximate surface area is 232 Å². The van der Waals surface area contributed by atoms with Gasteiger partial charge in [-0.15, -0.1) is 0 Å². The van der Waals surface area contributed by atoms with Crippen molar-refractivity contribution in [3.05, 3.63) is 59.3 Å². The van der Waals surface area contributed by atoms with E-state index in [4.69, 9.17) is 9.57 Å². The fourth-order valence-electron chi connectivity index (χ4n) is 4.80. The summed E-state index contributed by atoms with van der Waals surface area (Å²) in [5.74, 6) is 0.816. The van der Waals surface area contributed by atoms with E-state index < -0.39 is 18.0 Å². The third-order valence-electron chi connectivity index (χ3n) is 6.66. The van der Waals surface area contributed by atoms with Crippen LogP contribution in [0.3, 0.4) is 0 Å². The van der Waals surface area contributed by atoms with Crippen LogP contribution in [0.2, 0.25) is 0 Å². The summed E-state index contributed by atoms with van der Waals surface area (Å²) in [7, 11) is 1.62. The second kappa shape index (κ2) is 12.0. The molecule has 1 atom stereocenters. The third kappa shape index (κ3) is 6.24. The lowest BCUT2D eigenvalue weighted by Gasteiger charge is -2.22. The predicted octanol–water partition coefficient (Wildman–Crippen LogP) is 5.98. The Morgan fingerprint density at radius 3 is 2.62 bits per heavy atom. The predicted molar refractivity (Wildman–Crippen MR) is 141 cm³/mol. The van der Waals surface area contributed by atoms with Gasteiger partial charge in [-0.3, -0.25) is 4.68 Å². The van der Waals surface area contributed by atoms with Crippen LogP contribution >= 0.6 is 15.9 Å². The van der Waals surface area contributed by atoms with Gasteiger partial charge in [0, 0.05) is 18.8 Å². The molecule has 0 aliphatic heterocycles. The highest BCUT2D eigenvalue weighted by Gasteiger charge is 2.41. The van der Waals surface area contributed by atoms with Crippen LogP contribution in [0.25, 0.3) is 10.1 Å². The van der Waals surface area contributed by atoms with Crippen molar-refractivity contribution in [2.24, 2.45) is 13.0 Å². The zero-order valence-corrected chi connectivity index (χ0v) is 23.6. The highest BCUT2D eigenvalue weighted by atomic mass is 79.9. The number of ether oxygens (including phenoxy) is 1. The van der Waals surface area contributed by atoms with Gasteiger partial charge in [-0.1, -0.05) is 31.9 Å². The van der Waals surface area contributed by atoms with E-state index in [1.165, 1.54) is 30.3 Å². The van der Waals surface area contributed by atoms with E-state index in [0.29, 0.717) is 23.1 Å². The fourth-order valence-corrected chi connectivity index (χ4v) is 5.45. The minimum atomic E-state index is -4.76. The first kappa shape index (κ1) is 28.9. The summed E-state index contributed by atoms with van der Waals surface area (Å²) in [4.78, 5) is 17.1. The van der Waals surface area contributed by atoms with Crippen LogP contribution in [0.1, 0.15) is 72.6 Å². The van der Waals surface area contributed by atoms with E-state index in [0.717, 1.165) is 25.7 Å². The number of aryl methyl sites for hydroxylation is 3. The second-order valence-electron chi connectivity index (χ2n) is 9.55. The van der Waals surface area contributed by atoms with Crippen LogP contribution in [-0.2, 0) is 18.3 Å². The Bertz CT molecular complexity index is 1340. The molecule has 4 rings (SSSR count). The summed E-state index contributed by atoms with van der Waals surface area (Å²) >= 11 is 3.42. The molecule has 1 fully saturated rings. The lowest BCUT2D eigenvalue weighted by atomic mass is 9.90. The van der Waals surface area contributed by atoms with Gasteiger partial charge in [0.05, 0.1) is 22.5 Å². The van der Waals surface area contributed by atoms with E-state index in [1.807, 2.05) is 0 Å². The Balaban J connectivity index is 1.89. The van der Waals surface area contributed by atoms with Crippen molar-refractivity contribution in [1.29, 1.82) is 0 Å². The number of H-pyrrole nitrogens is 1. The van der Waals surface area contributed by atoms with Crippen LogP contribution in [0.5, 0.6) is 5.88 Å². The molecule has 3 aromatic heterocycles. The quantitative estimate of drug-likeness (QED) is 0.284. The maximum atomic E-state index is 14.0. The lowest BCUT2D eigenvalue weighted by molar-refractivity contribution is -0.151. The van der Waals surface area contributed by atoms with Gasteiger partial charge in [0.15, 0.2) is 17.6 Å². The van der Waals surface area contributed by atoms with Crippen molar-refractivity contribution >= 4 is 26.0 Å². The number of hydrogen-bond donors (Lipinski definition) is 1. The largest absolute Gasteiger partial charge is 0.476 e. The maximum Gasteiger partial charge on any atom is 0.436 e. The van der Waals surface area contributed by atoms with Crippen LogP contribution in [-0.4, -0.2) is 42.7 Å². The van der Waals surface area contributed by atoms with E-state index in [-0.39, 0.29) is 45.4 Å². The van der Waals surface area contributed by atoms with Gasteiger partial charge in [-0.25, -0.2) is 10.1 Å². The number of hydrogen-bond acceptors (Lipinski definition) is 5. The van der Waals surface area contributed by atoms with E-state index in [1.54, 1.807) is 20.0 Å². The number of halogens is 4. The molecule has 3 aromatic rings. The average molecular weight is 612 g/mol. The molecule has 211 valence electrons. The highest BCUT2D eigenvalue weighted by molar-refractivity contribution is 9.15. The van der Waals surface area contributed by atoms with Gasteiger partial charge in [-0.05, 0) is 54.6 Å². The van der Waals surface area contributed by atoms with Crippen LogP contribution in [0, 0.1) is 19.8 Å². The summed E-state index contributed by atoms with van der Waals surface area (Å²) in [6, 6.07) is 1.55. The zero-order valence-electron chi connectivity index (χ0n) is 22.0. The molecule has 1 aliphatic rings. The summed E-state index contributed by atoms with van der Waals surface area (Å²) in [6.45, 7) is 6.67. The lowest BCUT2D eigenvalue weighted by Crippen LogP contribution is -2.23. The first-order valence-electron chi connectivity index (χ1n) is 12.7. The van der Waals surface area contributed by atoms with E-state index >= 15 is 0 Å². The van der Waals surface area contributed by atoms with Crippen LogP contribution < -0.4 is 9.57 Å². The average Bonchev–Trinajstić information content (AvgIpc) is 3.58. The highest BCUT2D eigenvalue weighted by Crippen LogP contribution is 2.44. The summed E-state index contributed by atoms with van der Waals surface area (Å²) in [5, 5.41) is 18.1. The molecule has 0 bridgehead atoms. The molecule has 1 unspecified atom stereocenters. The molecule has 0 aromatic carbocycles. The summed E-state index contributed by atoms with van der Waals surface area (Å²) in [5.41, 5.74) is -0.810. The van der Waals surface area contributed by atoms with Crippen LogP contribution in [0.15, 0.2) is 24.9 Å². The third-order valence-corrected chi connectivity index (χ3v) is 7.44. The van der Waals surface area contributed by atoms with E-state index in [9.17, 15) is 18.3 Å². The number of nitrogens with zero attached hydrogens (tertiary/aromatic N) is 5. The number of imidazole rings is 2. The molecule has 9 nitrogen and oxygen atoms in total. The van der Waals surface area contributed by atoms with Gasteiger partial charge < -0.3 is 14.6 Å². The normalized spacial score (nSPS) is 16.2. The first-order chi connectivity index (χ1) is 18.5. The Morgan fingerprint density at radius 2 is 2.00 bits per heavy atom. The molecular weight excluding hydrogens is 581 g/mol. The number of rotatable bonds is 10. The van der Waals surface area contributed by atoms with Gasteiger partial charge in [-0.2, -0.15) is 28.0 Å². The molecule has 13 heteroatoms. The van der Waals surface area contributed by atoms with E-state index in [2.05, 4.69) is 42.6 Å². The molecule has 39 heavy (non-hydrogen) atoms. The first-order valence-corrected chi connectivity index (χ1v) is 13.5. The van der Waals surface area contributed by atoms with Crippen molar-refractivity contribution < 1.29 is 27.9 Å². The van der Waals surface area contributed by atoms with Gasteiger partial charge >= 0.3 is 6.18 Å². The van der Waals surface area contributed by atoms with Gasteiger partial charge in [0.25, 0.3) is 0 Å². The molecular formula is C26H31BrF3N6O3. The Kier molecular flexibility index (Phi) is 8.90. The fraction of sp³-hybridized carbons (Fsp3) is 0.500. The van der Waals surface area contributed by atoms with Crippen molar-refractivity contribution in [3.8, 4) is 5.88 Å². The number of aromatic amines is 1. The van der Waals surface area contributed by atoms with Crippen molar-refractivity contribution in [3.63, 3.8) is 0 Å². The zero-order chi connectivity index (χ0) is 28.3. The number of nitrogens with one attached hydrogen (secondary N) is 1. The van der Waals surface area contributed by atoms with Gasteiger partial charge in [0.2, 0.25) is 5.88 Å². The minimum Gasteiger partial charge on any atom is -0.476 e. The number of alkyl halides is 3. The van der Waals surface area contributed by atoms with Crippen molar-refractivity contribution in [1.82, 2.24) is 29.5 Å². The molecule has 1 saturated carbocycles. The Morgan fingerprint density at radius 1 is 1.28 bits per heavy atom. The molecule has 0 saturated heterocycles. The molecule has 3 heterocycles. The molecule has 1 aliphatic carbocycles. The monoisotopic (exact) mass is 611 g/mol. The van der Waals surface area contributed by atoms with Gasteiger partial charge in [0.1, 0.15) is 18.1 Å². The minimum absolute atomic E-state index is 0.00229. The van der Waals surface area contributed by atoms with Crippen molar-refractivity contribution in [2.45, 2.75) is 58.2 Å². The topological polar surface area (TPSA) is 103 Å². The number of aromatic nitrogens is 6. The Hall–Kier alpha value is -3.06. The summed E-state index contributed by atoms with van der Waals surface area (Å²) in [6.07, 6.45) is 1.99. The SMILES string of the molecule is C=CCOn1c(C(Br)=C(c2[nH]c(C)nc2OCC2CCCCC2)C([O])c2ccnn2C)nc(C)c1C(F)(F)F. The maximum absolute atomic E-state index is 14.0. The smallest absolute Gasteiger partial charge is 0.436 e. The second-order valence-corrected chi connectivity index (χ2v) is 10.3. The standard InChI is InChI=1S/C26H31BrF3N6O3/c1-5-13-39-36-23(26(28,29)30)15(2)32-24(36)20(27)19(22(37)18-11-12-31-35(18)4)21-25(34-16(3)33-21)38-14-17-9-7-6-8-10-17/h5,11-12,17,22H,1,6-10,13-14H2,2-4H3,(H,33,34). The molecule has 0 amide bonds.